The summed E-state index contributed by atoms with van der Waals surface area (Å²) in [6, 6.07) is 8.77. The minimum absolute atomic E-state index is 0.288. The summed E-state index contributed by atoms with van der Waals surface area (Å²) >= 11 is 0. The largest absolute Gasteiger partial charge is 0.478 e. The molecular weight excluding hydrogens is 280 g/mol. The van der Waals surface area contributed by atoms with Crippen LogP contribution >= 0.6 is 0 Å². The summed E-state index contributed by atoms with van der Waals surface area (Å²) in [4.78, 5) is 10.8. The van der Waals surface area contributed by atoms with Gasteiger partial charge in [0.2, 0.25) is 0 Å². The van der Waals surface area contributed by atoms with Crippen molar-refractivity contribution in [2.45, 2.75) is 13.5 Å². The van der Waals surface area contributed by atoms with Gasteiger partial charge in [0.05, 0.1) is 24.0 Å². The third-order valence-electron chi connectivity index (χ3n) is 3.70. The van der Waals surface area contributed by atoms with E-state index in [0.29, 0.717) is 6.54 Å². The van der Waals surface area contributed by atoms with Crippen molar-refractivity contribution < 1.29 is 9.90 Å². The van der Waals surface area contributed by atoms with Gasteiger partial charge in [0.1, 0.15) is 0 Å². The fourth-order valence-corrected chi connectivity index (χ4v) is 2.28. The van der Waals surface area contributed by atoms with E-state index >= 15 is 0 Å². The third-order valence-corrected chi connectivity index (χ3v) is 3.70. The van der Waals surface area contributed by atoms with E-state index in [1.807, 2.05) is 41.8 Å². The van der Waals surface area contributed by atoms with E-state index < -0.39 is 5.97 Å². The second-order valence-electron chi connectivity index (χ2n) is 5.17. The number of nitrogens with zero attached hydrogens (tertiary/aromatic N) is 4. The molecular formula is C16H16N4O2. The van der Waals surface area contributed by atoms with Crippen molar-refractivity contribution in [1.29, 1.82) is 0 Å². The van der Waals surface area contributed by atoms with E-state index in [9.17, 15) is 4.79 Å². The summed E-state index contributed by atoms with van der Waals surface area (Å²) in [5, 5.41) is 17.7. The number of rotatable bonds is 4. The Bertz CT molecular complexity index is 815. The maximum atomic E-state index is 10.8. The quantitative estimate of drug-likeness (QED) is 0.802. The highest BCUT2D eigenvalue weighted by molar-refractivity contribution is 5.87. The Morgan fingerprint density at radius 3 is 2.55 bits per heavy atom. The zero-order valence-electron chi connectivity index (χ0n) is 12.4. The zero-order chi connectivity index (χ0) is 15.7. The van der Waals surface area contributed by atoms with Crippen molar-refractivity contribution >= 4 is 5.97 Å². The Balaban J connectivity index is 1.79. The third kappa shape index (κ3) is 2.63. The molecule has 0 radical (unpaired) electrons. The molecule has 0 saturated heterocycles. The van der Waals surface area contributed by atoms with E-state index in [1.165, 1.54) is 0 Å². The van der Waals surface area contributed by atoms with Gasteiger partial charge in [-0.3, -0.25) is 9.36 Å². The number of hydrogen-bond donors (Lipinski definition) is 1. The van der Waals surface area contributed by atoms with Crippen LogP contribution in [0.4, 0.5) is 0 Å². The minimum Gasteiger partial charge on any atom is -0.478 e. The van der Waals surface area contributed by atoms with Gasteiger partial charge in [0.15, 0.2) is 0 Å². The fraction of sp³-hybridized carbons (Fsp3) is 0.188. The summed E-state index contributed by atoms with van der Waals surface area (Å²) in [6.07, 6.45) is 3.72. The van der Waals surface area contributed by atoms with Crippen LogP contribution in [-0.2, 0) is 13.6 Å². The van der Waals surface area contributed by atoms with Crippen molar-refractivity contribution in [1.82, 2.24) is 19.6 Å². The van der Waals surface area contributed by atoms with Gasteiger partial charge in [0, 0.05) is 24.5 Å². The molecule has 0 amide bonds. The van der Waals surface area contributed by atoms with Crippen molar-refractivity contribution in [2.24, 2.45) is 7.05 Å². The lowest BCUT2D eigenvalue weighted by molar-refractivity contribution is 0.0697. The highest BCUT2D eigenvalue weighted by atomic mass is 16.4. The number of aryl methyl sites for hydroxylation is 1. The van der Waals surface area contributed by atoms with E-state index in [4.69, 9.17) is 5.11 Å². The van der Waals surface area contributed by atoms with Crippen LogP contribution < -0.4 is 0 Å². The molecule has 0 fully saturated rings. The molecule has 1 aromatic carbocycles. The molecule has 0 saturated carbocycles. The number of carboxylic acid groups (broad SMARTS) is 1. The van der Waals surface area contributed by atoms with E-state index in [1.54, 1.807) is 24.3 Å². The van der Waals surface area contributed by atoms with Gasteiger partial charge in [0.25, 0.3) is 0 Å². The molecule has 6 heteroatoms. The highest BCUT2D eigenvalue weighted by Crippen LogP contribution is 2.20. The normalized spacial score (nSPS) is 10.8. The first-order valence-corrected chi connectivity index (χ1v) is 6.89. The van der Waals surface area contributed by atoms with Crippen LogP contribution in [0.2, 0.25) is 0 Å². The van der Waals surface area contributed by atoms with Gasteiger partial charge in [-0.2, -0.15) is 10.2 Å². The minimum atomic E-state index is -0.917. The van der Waals surface area contributed by atoms with Crippen LogP contribution in [0.1, 0.15) is 21.6 Å². The fourth-order valence-electron chi connectivity index (χ4n) is 2.28. The second kappa shape index (κ2) is 5.48. The number of carbonyl (C=O) groups is 1. The smallest absolute Gasteiger partial charge is 0.335 e. The van der Waals surface area contributed by atoms with E-state index in [-0.39, 0.29) is 5.56 Å². The van der Waals surface area contributed by atoms with Crippen molar-refractivity contribution in [3.05, 3.63) is 59.5 Å². The van der Waals surface area contributed by atoms with E-state index in [2.05, 4.69) is 10.2 Å². The lowest BCUT2D eigenvalue weighted by Crippen LogP contribution is -2.02. The predicted octanol–water partition coefficient (Wildman–Crippen LogP) is 2.34. The summed E-state index contributed by atoms with van der Waals surface area (Å²) in [7, 11) is 1.90. The first kappa shape index (κ1) is 14.1. The van der Waals surface area contributed by atoms with Crippen LogP contribution in [0, 0.1) is 6.92 Å². The van der Waals surface area contributed by atoms with Gasteiger partial charge in [-0.25, -0.2) is 4.79 Å². The average Bonchev–Trinajstić information content (AvgIpc) is 3.08. The standard InChI is InChI=1S/C16H16N4O2/c1-11-14(9-17-19(11)2)15-7-8-20(18-15)10-12-3-5-13(6-4-12)16(21)22/h3-9H,10H2,1-2H3,(H,21,22). The van der Waals surface area contributed by atoms with Gasteiger partial charge >= 0.3 is 5.97 Å². The van der Waals surface area contributed by atoms with Crippen LogP contribution in [0.5, 0.6) is 0 Å². The molecule has 0 aliphatic carbocycles. The van der Waals surface area contributed by atoms with Crippen LogP contribution in [0.25, 0.3) is 11.3 Å². The Morgan fingerprint density at radius 1 is 1.23 bits per heavy atom. The Labute approximate surface area is 127 Å². The molecule has 2 heterocycles. The average molecular weight is 296 g/mol. The molecule has 0 aliphatic heterocycles. The maximum Gasteiger partial charge on any atom is 0.335 e. The summed E-state index contributed by atoms with van der Waals surface area (Å²) in [6.45, 7) is 2.60. The summed E-state index contributed by atoms with van der Waals surface area (Å²) < 4.78 is 3.65. The number of benzene rings is 1. The highest BCUT2D eigenvalue weighted by Gasteiger charge is 2.09. The molecule has 1 N–H and O–H groups in total. The maximum absolute atomic E-state index is 10.8. The molecule has 22 heavy (non-hydrogen) atoms. The molecule has 3 rings (SSSR count). The SMILES string of the molecule is Cc1c(-c2ccn(Cc3ccc(C(=O)O)cc3)n2)cnn1C. The molecule has 3 aromatic rings. The first-order valence-electron chi connectivity index (χ1n) is 6.89. The first-order chi connectivity index (χ1) is 10.5. The van der Waals surface area contributed by atoms with Crippen molar-refractivity contribution in [2.75, 3.05) is 0 Å². The Morgan fingerprint density at radius 2 is 1.95 bits per heavy atom. The number of carboxylic acids is 1. The zero-order valence-corrected chi connectivity index (χ0v) is 12.4. The van der Waals surface area contributed by atoms with Crippen LogP contribution in [-0.4, -0.2) is 30.6 Å². The van der Waals surface area contributed by atoms with Gasteiger partial charge in [-0.15, -0.1) is 0 Å². The van der Waals surface area contributed by atoms with Crippen molar-refractivity contribution in [3.63, 3.8) is 0 Å². The summed E-state index contributed by atoms with van der Waals surface area (Å²) in [5.74, 6) is -0.917. The predicted molar refractivity (Wildman–Crippen MR) is 81.7 cm³/mol. The molecule has 0 atom stereocenters. The molecule has 0 spiro atoms. The van der Waals surface area contributed by atoms with Crippen LogP contribution in [0.3, 0.4) is 0 Å². The molecule has 0 bridgehead atoms. The van der Waals surface area contributed by atoms with Gasteiger partial charge in [-0.05, 0) is 30.7 Å². The lowest BCUT2D eigenvalue weighted by atomic mass is 10.1. The summed E-state index contributed by atoms with van der Waals surface area (Å²) in [5.41, 5.74) is 4.25. The Hall–Kier alpha value is -2.89. The lowest BCUT2D eigenvalue weighted by Gasteiger charge is -2.03. The monoisotopic (exact) mass is 296 g/mol. The van der Waals surface area contributed by atoms with Crippen molar-refractivity contribution in [3.8, 4) is 11.3 Å². The second-order valence-corrected chi connectivity index (χ2v) is 5.17. The number of aromatic nitrogens is 4. The molecule has 2 aromatic heterocycles. The molecule has 112 valence electrons. The van der Waals surface area contributed by atoms with Gasteiger partial charge < -0.3 is 5.11 Å². The number of hydrogen-bond acceptors (Lipinski definition) is 3. The molecule has 0 aliphatic rings. The van der Waals surface area contributed by atoms with E-state index in [0.717, 1.165) is 22.5 Å². The van der Waals surface area contributed by atoms with Gasteiger partial charge in [-0.1, -0.05) is 12.1 Å². The molecule has 0 unspecified atom stereocenters. The number of aromatic carboxylic acids is 1. The molecule has 6 nitrogen and oxygen atoms in total. The Kier molecular flexibility index (Phi) is 3.50. The van der Waals surface area contributed by atoms with Crippen LogP contribution in [0.15, 0.2) is 42.7 Å². The topological polar surface area (TPSA) is 72.9 Å².